The maximum Gasteiger partial charge on any atom is 0.181 e. The fourth-order valence-electron chi connectivity index (χ4n) is 0.890. The Morgan fingerprint density at radius 2 is 2.20 bits per heavy atom. The van der Waals surface area contributed by atoms with E-state index < -0.39 is 0 Å². The molecule has 0 aliphatic carbocycles. The lowest BCUT2D eigenvalue weighted by Crippen LogP contribution is -1.78. The Labute approximate surface area is 63.8 Å². The van der Waals surface area contributed by atoms with Crippen molar-refractivity contribution < 1.29 is 1.43 Å². The highest BCUT2D eigenvalue weighted by Crippen LogP contribution is 2.22. The van der Waals surface area contributed by atoms with Gasteiger partial charge >= 0.3 is 0 Å². The number of aromatic nitrogens is 1. The van der Waals surface area contributed by atoms with E-state index >= 15 is 0 Å². The lowest BCUT2D eigenvalue weighted by Gasteiger charge is -1.80. The van der Waals surface area contributed by atoms with Crippen LogP contribution >= 0.6 is 11.3 Å². The number of hydrogen-bond donors (Lipinski definition) is 1. The molecule has 10 heavy (non-hydrogen) atoms. The summed E-state index contributed by atoms with van der Waals surface area (Å²) in [6.07, 6.45) is 0. The van der Waals surface area contributed by atoms with Crippen molar-refractivity contribution in [3.05, 3.63) is 24.3 Å². The van der Waals surface area contributed by atoms with Crippen LogP contribution in [0.1, 0.15) is 1.43 Å². The standard InChI is InChI=1S/C7H6N2S.H2/c8-7-9-5-3-1-2-4-6(5)10-7;/h1-4H,(H2,8,9);1H. The van der Waals surface area contributed by atoms with Crippen molar-refractivity contribution in [1.82, 2.24) is 4.98 Å². The molecule has 0 radical (unpaired) electrons. The highest BCUT2D eigenvalue weighted by Gasteiger charge is 1.96. The van der Waals surface area contributed by atoms with Gasteiger partial charge in [-0.05, 0) is 12.1 Å². The number of nitrogens with zero attached hydrogens (tertiary/aromatic N) is 1. The monoisotopic (exact) mass is 152 g/mol. The second-order valence-electron chi connectivity index (χ2n) is 2.02. The minimum absolute atomic E-state index is 0. The molecule has 0 fully saturated rings. The van der Waals surface area contributed by atoms with Crippen molar-refractivity contribution in [2.24, 2.45) is 0 Å². The van der Waals surface area contributed by atoms with Gasteiger partial charge in [0.25, 0.3) is 0 Å². The minimum Gasteiger partial charge on any atom is -0.375 e. The van der Waals surface area contributed by atoms with Gasteiger partial charge in [-0.1, -0.05) is 23.5 Å². The fourth-order valence-corrected chi connectivity index (χ4v) is 1.62. The maximum absolute atomic E-state index is 5.50. The summed E-state index contributed by atoms with van der Waals surface area (Å²) in [5.74, 6) is 0. The quantitative estimate of drug-likeness (QED) is 0.628. The van der Waals surface area contributed by atoms with Gasteiger partial charge in [-0.3, -0.25) is 0 Å². The average molecular weight is 152 g/mol. The summed E-state index contributed by atoms with van der Waals surface area (Å²) in [5, 5.41) is 0.640. The molecule has 0 aliphatic rings. The normalized spacial score (nSPS) is 10.4. The van der Waals surface area contributed by atoms with Gasteiger partial charge in [-0.25, -0.2) is 4.98 Å². The van der Waals surface area contributed by atoms with Gasteiger partial charge in [-0.15, -0.1) is 0 Å². The van der Waals surface area contributed by atoms with E-state index in [-0.39, 0.29) is 1.43 Å². The molecule has 2 rings (SSSR count). The van der Waals surface area contributed by atoms with E-state index in [0.717, 1.165) is 10.2 Å². The molecule has 0 amide bonds. The summed E-state index contributed by atoms with van der Waals surface area (Å²) in [6, 6.07) is 7.92. The Balaban J connectivity index is 0.000000605. The molecule has 1 aromatic heterocycles. The molecule has 0 atom stereocenters. The molecular formula is C7H8N2S. The zero-order valence-electron chi connectivity index (χ0n) is 5.24. The van der Waals surface area contributed by atoms with E-state index in [1.165, 1.54) is 11.3 Å². The molecule has 0 bridgehead atoms. The first-order valence-electron chi connectivity index (χ1n) is 2.97. The first-order chi connectivity index (χ1) is 4.86. The third-order valence-corrected chi connectivity index (χ3v) is 2.18. The SMILES string of the molecule is Nc1nc2ccccc2s1.[HH]. The summed E-state index contributed by atoms with van der Waals surface area (Å²) >= 11 is 1.52. The summed E-state index contributed by atoms with van der Waals surface area (Å²) < 4.78 is 1.15. The Hall–Kier alpha value is -1.09. The number of hydrogen-bond acceptors (Lipinski definition) is 3. The van der Waals surface area contributed by atoms with Crippen LogP contribution in [0.5, 0.6) is 0 Å². The smallest absolute Gasteiger partial charge is 0.181 e. The van der Waals surface area contributed by atoms with Gasteiger partial charge in [0, 0.05) is 1.43 Å². The van der Waals surface area contributed by atoms with Crippen molar-refractivity contribution in [3.8, 4) is 0 Å². The Morgan fingerprint density at radius 3 is 3.00 bits per heavy atom. The number of thiazole rings is 1. The van der Waals surface area contributed by atoms with Gasteiger partial charge in [0.05, 0.1) is 10.2 Å². The van der Waals surface area contributed by atoms with E-state index in [4.69, 9.17) is 5.73 Å². The number of nitrogens with two attached hydrogens (primary N) is 1. The van der Waals surface area contributed by atoms with Gasteiger partial charge in [0.2, 0.25) is 0 Å². The molecule has 0 saturated heterocycles. The molecule has 1 heterocycles. The van der Waals surface area contributed by atoms with Crippen molar-refractivity contribution in [3.63, 3.8) is 0 Å². The summed E-state index contributed by atoms with van der Waals surface area (Å²) in [5.41, 5.74) is 6.49. The highest BCUT2D eigenvalue weighted by atomic mass is 32.1. The molecule has 1 aromatic carbocycles. The lowest BCUT2D eigenvalue weighted by atomic mass is 10.3. The van der Waals surface area contributed by atoms with Crippen LogP contribution in [0.15, 0.2) is 24.3 Å². The number of fused-ring (bicyclic) bond motifs is 1. The van der Waals surface area contributed by atoms with Crippen molar-refractivity contribution >= 4 is 26.7 Å². The molecule has 3 heteroatoms. The number of rotatable bonds is 0. The van der Waals surface area contributed by atoms with E-state index in [1.807, 2.05) is 24.3 Å². The predicted octanol–water partition coefficient (Wildman–Crippen LogP) is 2.12. The molecule has 0 saturated carbocycles. The zero-order valence-corrected chi connectivity index (χ0v) is 6.06. The molecule has 0 aliphatic heterocycles. The van der Waals surface area contributed by atoms with E-state index in [0.29, 0.717) is 5.13 Å². The van der Waals surface area contributed by atoms with Crippen LogP contribution in [0.3, 0.4) is 0 Å². The molecule has 2 nitrogen and oxygen atoms in total. The van der Waals surface area contributed by atoms with Gasteiger partial charge in [-0.2, -0.15) is 0 Å². The first-order valence-corrected chi connectivity index (χ1v) is 3.79. The average Bonchev–Trinajstić information content (AvgIpc) is 2.27. The minimum atomic E-state index is 0. The molecule has 0 unspecified atom stereocenters. The topological polar surface area (TPSA) is 38.9 Å². The van der Waals surface area contributed by atoms with Crippen molar-refractivity contribution in [1.29, 1.82) is 0 Å². The number of nitrogen functional groups attached to an aromatic ring is 1. The van der Waals surface area contributed by atoms with Gasteiger partial charge in [0.1, 0.15) is 0 Å². The molecule has 0 spiro atoms. The van der Waals surface area contributed by atoms with E-state index in [9.17, 15) is 0 Å². The van der Waals surface area contributed by atoms with Crippen LogP contribution in [0, 0.1) is 0 Å². The van der Waals surface area contributed by atoms with Crippen molar-refractivity contribution in [2.75, 3.05) is 5.73 Å². The third-order valence-electron chi connectivity index (χ3n) is 1.31. The predicted molar refractivity (Wildman–Crippen MR) is 46.1 cm³/mol. The summed E-state index contributed by atoms with van der Waals surface area (Å²) in [4.78, 5) is 4.11. The molecule has 2 N–H and O–H groups in total. The first kappa shape index (κ1) is 5.68. The van der Waals surface area contributed by atoms with E-state index in [1.54, 1.807) is 0 Å². The van der Waals surface area contributed by atoms with Crippen LogP contribution in [0.4, 0.5) is 5.13 Å². The van der Waals surface area contributed by atoms with Crippen LogP contribution in [-0.2, 0) is 0 Å². The molecule has 52 valence electrons. The molecular weight excluding hydrogens is 144 g/mol. The zero-order chi connectivity index (χ0) is 6.97. The van der Waals surface area contributed by atoms with Crippen molar-refractivity contribution in [2.45, 2.75) is 0 Å². The second-order valence-corrected chi connectivity index (χ2v) is 3.08. The van der Waals surface area contributed by atoms with E-state index in [2.05, 4.69) is 4.98 Å². The van der Waals surface area contributed by atoms with Gasteiger partial charge in [0.15, 0.2) is 5.13 Å². The number of anilines is 1. The number of benzene rings is 1. The van der Waals surface area contributed by atoms with Crippen LogP contribution < -0.4 is 5.73 Å². The molecule has 2 aromatic rings. The maximum atomic E-state index is 5.50. The number of para-hydroxylation sites is 1. The lowest BCUT2D eigenvalue weighted by molar-refractivity contribution is 1.50. The Kier molecular flexibility index (Phi) is 1.11. The van der Waals surface area contributed by atoms with Crippen LogP contribution in [0.2, 0.25) is 0 Å². The third kappa shape index (κ3) is 0.752. The summed E-state index contributed by atoms with van der Waals surface area (Å²) in [7, 11) is 0. The van der Waals surface area contributed by atoms with Crippen LogP contribution in [-0.4, -0.2) is 4.98 Å². The van der Waals surface area contributed by atoms with Gasteiger partial charge < -0.3 is 5.73 Å². The Bertz CT molecular complexity index is 325. The summed E-state index contributed by atoms with van der Waals surface area (Å²) in [6.45, 7) is 0. The largest absolute Gasteiger partial charge is 0.375 e. The van der Waals surface area contributed by atoms with Crippen LogP contribution in [0.25, 0.3) is 10.2 Å². The highest BCUT2D eigenvalue weighted by molar-refractivity contribution is 7.22. The second kappa shape index (κ2) is 1.95. The fraction of sp³-hybridized carbons (Fsp3) is 0. The Morgan fingerprint density at radius 1 is 1.40 bits per heavy atom.